The number of aromatic nitrogens is 4. The van der Waals surface area contributed by atoms with Crippen molar-refractivity contribution in [3.63, 3.8) is 0 Å². The minimum atomic E-state index is 0.0233. The van der Waals surface area contributed by atoms with Gasteiger partial charge >= 0.3 is 0 Å². The summed E-state index contributed by atoms with van der Waals surface area (Å²) >= 11 is 1.35. The summed E-state index contributed by atoms with van der Waals surface area (Å²) in [6.07, 6.45) is 0. The highest BCUT2D eigenvalue weighted by atomic mass is 32.1. The topological polar surface area (TPSA) is 84.6 Å². The largest absolute Gasteiger partial charge is 0.497 e. The molecule has 0 aliphatic rings. The lowest BCUT2D eigenvalue weighted by Crippen LogP contribution is -1.95. The van der Waals surface area contributed by atoms with E-state index in [-0.39, 0.29) is 5.88 Å². The molecule has 0 radical (unpaired) electrons. The first-order valence-electron chi connectivity index (χ1n) is 7.57. The summed E-state index contributed by atoms with van der Waals surface area (Å²) in [6, 6.07) is 13.6. The average molecular weight is 353 g/mol. The van der Waals surface area contributed by atoms with Gasteiger partial charge in [0.1, 0.15) is 5.75 Å². The molecular weight excluding hydrogens is 338 g/mol. The van der Waals surface area contributed by atoms with E-state index in [4.69, 9.17) is 4.74 Å². The third-order valence-corrected chi connectivity index (χ3v) is 4.61. The van der Waals surface area contributed by atoms with Gasteiger partial charge in [0.05, 0.1) is 17.7 Å². The van der Waals surface area contributed by atoms with Crippen molar-refractivity contribution in [2.24, 2.45) is 0 Å². The Kier molecular flexibility index (Phi) is 3.73. The average Bonchev–Trinajstić information content (AvgIpc) is 3.17. The zero-order valence-corrected chi connectivity index (χ0v) is 14.4. The van der Waals surface area contributed by atoms with Gasteiger partial charge in [0.25, 0.3) is 0 Å². The van der Waals surface area contributed by atoms with Crippen LogP contribution in [-0.2, 0) is 0 Å². The van der Waals surface area contributed by atoms with Gasteiger partial charge in [-0.05, 0) is 43.3 Å². The molecule has 4 aromatic rings. The van der Waals surface area contributed by atoms with Crippen molar-refractivity contribution < 1.29 is 9.84 Å². The number of rotatable bonds is 4. The van der Waals surface area contributed by atoms with Crippen molar-refractivity contribution in [3.8, 4) is 22.9 Å². The van der Waals surface area contributed by atoms with E-state index in [9.17, 15) is 5.11 Å². The maximum atomic E-state index is 9.60. The van der Waals surface area contributed by atoms with E-state index in [2.05, 4.69) is 20.4 Å². The highest BCUT2D eigenvalue weighted by Gasteiger charge is 2.12. The minimum Gasteiger partial charge on any atom is -0.497 e. The number of benzene rings is 1. The number of nitrogens with one attached hydrogen (secondary N) is 1. The first-order valence-corrected chi connectivity index (χ1v) is 8.39. The molecule has 0 saturated carbocycles. The summed E-state index contributed by atoms with van der Waals surface area (Å²) in [4.78, 5) is 9.24. The van der Waals surface area contributed by atoms with Crippen LogP contribution in [0.25, 0.3) is 16.9 Å². The number of aromatic hydroxyl groups is 1. The molecule has 0 aliphatic heterocycles. The van der Waals surface area contributed by atoms with Crippen molar-refractivity contribution in [3.05, 3.63) is 47.3 Å². The maximum Gasteiger partial charge on any atom is 0.249 e. The van der Waals surface area contributed by atoms with Crippen LogP contribution in [0.4, 0.5) is 11.1 Å². The van der Waals surface area contributed by atoms with Gasteiger partial charge < -0.3 is 9.84 Å². The quantitative estimate of drug-likeness (QED) is 0.583. The van der Waals surface area contributed by atoms with Crippen molar-refractivity contribution in [2.45, 2.75) is 6.92 Å². The Hall–Kier alpha value is -3.13. The summed E-state index contributed by atoms with van der Waals surface area (Å²) in [6.45, 7) is 1.80. The predicted molar refractivity (Wildman–Crippen MR) is 96.8 cm³/mol. The lowest BCUT2D eigenvalue weighted by Gasteiger charge is -2.05. The predicted octanol–water partition coefficient (Wildman–Crippen LogP) is 3.62. The van der Waals surface area contributed by atoms with E-state index in [0.29, 0.717) is 16.7 Å². The molecule has 4 rings (SSSR count). The number of hydrogen-bond acceptors (Lipinski definition) is 7. The van der Waals surface area contributed by atoms with Crippen molar-refractivity contribution in [2.75, 3.05) is 12.4 Å². The summed E-state index contributed by atoms with van der Waals surface area (Å²) in [5.41, 5.74) is 2.64. The number of thiazole rings is 1. The van der Waals surface area contributed by atoms with Gasteiger partial charge in [-0.1, -0.05) is 17.4 Å². The molecule has 1 aromatic carbocycles. The zero-order valence-electron chi connectivity index (χ0n) is 13.6. The molecule has 0 aliphatic carbocycles. The van der Waals surface area contributed by atoms with Crippen LogP contribution in [0.15, 0.2) is 42.5 Å². The number of hydrogen-bond donors (Lipinski definition) is 2. The van der Waals surface area contributed by atoms with Crippen LogP contribution >= 0.6 is 11.3 Å². The molecule has 8 heteroatoms. The van der Waals surface area contributed by atoms with Gasteiger partial charge in [-0.15, -0.1) is 5.10 Å². The fourth-order valence-corrected chi connectivity index (χ4v) is 3.18. The Labute approximate surface area is 147 Å². The van der Waals surface area contributed by atoms with Crippen LogP contribution in [-0.4, -0.2) is 31.8 Å². The van der Waals surface area contributed by atoms with E-state index in [1.807, 2.05) is 42.5 Å². The maximum absolute atomic E-state index is 9.60. The molecule has 3 aromatic heterocycles. The van der Waals surface area contributed by atoms with Crippen LogP contribution in [0.2, 0.25) is 0 Å². The number of ether oxygens (including phenoxy) is 1. The lowest BCUT2D eigenvalue weighted by molar-refractivity contribution is 0.415. The van der Waals surface area contributed by atoms with Crippen LogP contribution in [0.1, 0.15) is 4.88 Å². The number of aryl methyl sites for hydroxylation is 1. The Morgan fingerprint density at radius 2 is 1.92 bits per heavy atom. The van der Waals surface area contributed by atoms with Gasteiger partial charge in [0.15, 0.2) is 10.8 Å². The second kappa shape index (κ2) is 6.06. The fourth-order valence-electron chi connectivity index (χ4n) is 2.48. The van der Waals surface area contributed by atoms with Gasteiger partial charge in [-0.3, -0.25) is 5.32 Å². The summed E-state index contributed by atoms with van der Waals surface area (Å²) in [7, 11) is 1.64. The molecular formula is C17H15N5O2S. The fraction of sp³-hybridized carbons (Fsp3) is 0.118. The molecule has 2 N–H and O–H groups in total. The van der Waals surface area contributed by atoms with Crippen molar-refractivity contribution >= 4 is 28.1 Å². The molecule has 0 bridgehead atoms. The highest BCUT2D eigenvalue weighted by Crippen LogP contribution is 2.29. The molecule has 0 atom stereocenters. The zero-order chi connectivity index (χ0) is 17.4. The minimum absolute atomic E-state index is 0.0233. The molecule has 0 unspecified atom stereocenters. The second-order valence-corrected chi connectivity index (χ2v) is 6.57. The monoisotopic (exact) mass is 353 g/mol. The summed E-state index contributed by atoms with van der Waals surface area (Å²) in [5, 5.41) is 17.7. The number of anilines is 2. The molecule has 126 valence electrons. The summed E-state index contributed by atoms with van der Waals surface area (Å²) in [5.74, 6) is 1.25. The Morgan fingerprint density at radius 3 is 2.60 bits per heavy atom. The van der Waals surface area contributed by atoms with Crippen LogP contribution in [0.3, 0.4) is 0 Å². The first-order chi connectivity index (χ1) is 12.1. The standard InChI is InChI=1S/C17H15N5O2S/c1-10-15(23)19-17(25-10)20-16-18-14-5-3-4-13(22(14)21-16)11-6-8-12(24-2)9-7-11/h3-9,23H,1-2H3,(H,19,20,21). The summed E-state index contributed by atoms with van der Waals surface area (Å²) < 4.78 is 6.97. The Bertz CT molecular complexity index is 1020. The smallest absolute Gasteiger partial charge is 0.249 e. The van der Waals surface area contributed by atoms with Crippen LogP contribution in [0.5, 0.6) is 11.6 Å². The third kappa shape index (κ3) is 2.87. The van der Waals surface area contributed by atoms with Gasteiger partial charge in [0.2, 0.25) is 11.8 Å². The van der Waals surface area contributed by atoms with Crippen molar-refractivity contribution in [1.82, 2.24) is 19.6 Å². The number of fused-ring (bicyclic) bond motifs is 1. The van der Waals surface area contributed by atoms with Gasteiger partial charge in [-0.25, -0.2) is 4.52 Å². The number of pyridine rings is 1. The normalized spacial score (nSPS) is 11.0. The van der Waals surface area contributed by atoms with E-state index in [1.54, 1.807) is 18.5 Å². The molecule has 0 fully saturated rings. The van der Waals surface area contributed by atoms with E-state index in [0.717, 1.165) is 21.9 Å². The SMILES string of the molecule is COc1ccc(-c2cccc3nc(Nc4nc(O)c(C)s4)nn23)cc1. The van der Waals surface area contributed by atoms with Crippen LogP contribution < -0.4 is 10.1 Å². The lowest BCUT2D eigenvalue weighted by atomic mass is 10.1. The Morgan fingerprint density at radius 1 is 1.12 bits per heavy atom. The van der Waals surface area contributed by atoms with E-state index in [1.165, 1.54) is 11.3 Å². The first kappa shape index (κ1) is 15.4. The number of nitrogens with zero attached hydrogens (tertiary/aromatic N) is 4. The molecule has 0 spiro atoms. The van der Waals surface area contributed by atoms with Crippen LogP contribution in [0, 0.1) is 6.92 Å². The Balaban J connectivity index is 1.72. The number of methoxy groups -OCH3 is 1. The molecule has 7 nitrogen and oxygen atoms in total. The van der Waals surface area contributed by atoms with Crippen molar-refractivity contribution in [1.29, 1.82) is 0 Å². The molecule has 3 heterocycles. The van der Waals surface area contributed by atoms with E-state index >= 15 is 0 Å². The molecule has 25 heavy (non-hydrogen) atoms. The highest BCUT2D eigenvalue weighted by molar-refractivity contribution is 7.15. The third-order valence-electron chi connectivity index (χ3n) is 3.74. The molecule has 0 saturated heterocycles. The van der Waals surface area contributed by atoms with Gasteiger partial charge in [-0.2, -0.15) is 9.97 Å². The van der Waals surface area contributed by atoms with Gasteiger partial charge in [0, 0.05) is 5.56 Å². The second-order valence-electron chi connectivity index (χ2n) is 5.37. The van der Waals surface area contributed by atoms with E-state index < -0.39 is 0 Å². The molecule has 0 amide bonds.